The second kappa shape index (κ2) is 10.3. The molecule has 186 valence electrons. The molecule has 5 nitrogen and oxygen atoms in total. The first-order chi connectivity index (χ1) is 15.8. The van der Waals surface area contributed by atoms with Crippen LogP contribution in [0.25, 0.3) is 11.1 Å². The van der Waals surface area contributed by atoms with Gasteiger partial charge in [-0.15, -0.1) is 0 Å². The fourth-order valence-corrected chi connectivity index (χ4v) is 4.15. The first-order valence-corrected chi connectivity index (χ1v) is 11.9. The Kier molecular flexibility index (Phi) is 7.84. The minimum Gasteiger partial charge on any atom is -0.491 e. The van der Waals surface area contributed by atoms with E-state index in [2.05, 4.69) is 24.1 Å². The van der Waals surface area contributed by atoms with E-state index in [9.17, 15) is 13.6 Å². The second-order valence-electron chi connectivity index (χ2n) is 10.9. The topological polar surface area (TPSA) is 60.5 Å². The van der Waals surface area contributed by atoms with Crippen LogP contribution in [0.5, 0.6) is 5.75 Å². The third kappa shape index (κ3) is 7.40. The minimum atomic E-state index is -2.61. The summed E-state index contributed by atoms with van der Waals surface area (Å²) < 4.78 is 38.0. The molecule has 0 radical (unpaired) electrons. The molecule has 1 aromatic heterocycles. The first kappa shape index (κ1) is 25.9. The maximum Gasteiger partial charge on any atom is 0.408 e. The maximum absolute atomic E-state index is 13.1. The van der Waals surface area contributed by atoms with Crippen LogP contribution in [0.2, 0.25) is 0 Å². The molecule has 1 saturated carbocycles. The van der Waals surface area contributed by atoms with Gasteiger partial charge in [-0.3, -0.25) is 4.98 Å². The van der Waals surface area contributed by atoms with Gasteiger partial charge in [0.2, 0.25) is 0 Å². The van der Waals surface area contributed by atoms with E-state index in [1.807, 2.05) is 45.9 Å². The molecule has 0 bridgehead atoms. The first-order valence-electron chi connectivity index (χ1n) is 11.9. The summed E-state index contributed by atoms with van der Waals surface area (Å²) in [4.78, 5) is 16.2. The number of rotatable bonds is 9. The number of nitrogens with zero attached hydrogens (tertiary/aromatic N) is 1. The third-order valence-corrected chi connectivity index (χ3v) is 5.57. The summed E-state index contributed by atoms with van der Waals surface area (Å²) in [6.07, 6.45) is 1.19. The number of ether oxygens (including phenoxy) is 2. The van der Waals surface area contributed by atoms with Gasteiger partial charge in [-0.05, 0) is 99.7 Å². The van der Waals surface area contributed by atoms with Crippen LogP contribution in [0.4, 0.5) is 13.6 Å². The summed E-state index contributed by atoms with van der Waals surface area (Å²) in [5.74, 6) is 1.49. The number of hydrogen-bond acceptors (Lipinski definition) is 4. The van der Waals surface area contributed by atoms with Gasteiger partial charge < -0.3 is 14.8 Å². The van der Waals surface area contributed by atoms with Gasteiger partial charge in [0, 0.05) is 6.20 Å². The van der Waals surface area contributed by atoms with Crippen LogP contribution >= 0.6 is 0 Å². The quantitative estimate of drug-likeness (QED) is 0.415. The molecule has 0 spiro atoms. The highest BCUT2D eigenvalue weighted by atomic mass is 19.3. The Morgan fingerprint density at radius 2 is 1.79 bits per heavy atom. The number of carbonyl (C=O) groups is 1. The Morgan fingerprint density at radius 1 is 1.12 bits per heavy atom. The molecule has 0 aliphatic heterocycles. The number of alkyl halides is 2. The molecule has 1 N–H and O–H groups in total. The summed E-state index contributed by atoms with van der Waals surface area (Å²) in [5.41, 5.74) is 1.19. The van der Waals surface area contributed by atoms with Crippen molar-refractivity contribution in [2.24, 2.45) is 5.92 Å². The summed E-state index contributed by atoms with van der Waals surface area (Å²) in [6.45, 7) is 11.9. The Bertz CT molecular complexity index is 1000. The van der Waals surface area contributed by atoms with Gasteiger partial charge in [0.05, 0.1) is 5.54 Å². The smallest absolute Gasteiger partial charge is 0.408 e. The van der Waals surface area contributed by atoms with Gasteiger partial charge in [0.25, 0.3) is 6.43 Å². The molecule has 1 heterocycles. The SMILES string of the molecule is CC(C)CC(C)(COc1ccc(-c2ccnc(C(F)F)c2)cc1C1CC1)NC(=O)OC(C)(C)C. The van der Waals surface area contributed by atoms with Crippen LogP contribution < -0.4 is 10.1 Å². The molecule has 1 unspecified atom stereocenters. The van der Waals surface area contributed by atoms with Crippen molar-refractivity contribution in [3.63, 3.8) is 0 Å². The Labute approximate surface area is 201 Å². The number of benzene rings is 1. The number of aromatic nitrogens is 1. The van der Waals surface area contributed by atoms with Crippen molar-refractivity contribution < 1.29 is 23.0 Å². The normalized spacial score (nSPS) is 15.8. The fraction of sp³-hybridized carbons (Fsp3) is 0.556. The average Bonchev–Trinajstić information content (AvgIpc) is 3.55. The van der Waals surface area contributed by atoms with E-state index in [0.717, 1.165) is 36.1 Å². The number of hydrogen-bond donors (Lipinski definition) is 1. The van der Waals surface area contributed by atoms with E-state index >= 15 is 0 Å². The monoisotopic (exact) mass is 474 g/mol. The van der Waals surface area contributed by atoms with Gasteiger partial charge in [0.1, 0.15) is 23.7 Å². The molecule has 34 heavy (non-hydrogen) atoms. The average molecular weight is 475 g/mol. The Hall–Kier alpha value is -2.70. The van der Waals surface area contributed by atoms with Crippen molar-refractivity contribution in [1.82, 2.24) is 10.3 Å². The van der Waals surface area contributed by atoms with E-state index < -0.39 is 23.7 Å². The van der Waals surface area contributed by atoms with Crippen molar-refractivity contribution in [2.75, 3.05) is 6.61 Å². The lowest BCUT2D eigenvalue weighted by atomic mass is 9.91. The predicted molar refractivity (Wildman–Crippen MR) is 129 cm³/mol. The maximum atomic E-state index is 13.1. The van der Waals surface area contributed by atoms with E-state index in [1.54, 1.807) is 6.07 Å². The number of amides is 1. The zero-order valence-corrected chi connectivity index (χ0v) is 21.0. The number of halogens is 2. The summed E-state index contributed by atoms with van der Waals surface area (Å²) in [6, 6.07) is 8.98. The van der Waals surface area contributed by atoms with Crippen LogP contribution in [-0.4, -0.2) is 28.8 Å². The fourth-order valence-electron chi connectivity index (χ4n) is 4.15. The zero-order valence-electron chi connectivity index (χ0n) is 21.0. The lowest BCUT2D eigenvalue weighted by Gasteiger charge is -2.33. The van der Waals surface area contributed by atoms with Gasteiger partial charge in [-0.2, -0.15) is 0 Å². The molecule has 0 saturated heterocycles. The molecule has 1 aliphatic carbocycles. The molecular weight excluding hydrogens is 438 g/mol. The molecule has 1 amide bonds. The summed E-state index contributed by atoms with van der Waals surface area (Å²) in [5, 5.41) is 3.01. The van der Waals surface area contributed by atoms with E-state index in [4.69, 9.17) is 9.47 Å². The zero-order chi connectivity index (χ0) is 25.1. The van der Waals surface area contributed by atoms with Crippen LogP contribution in [0.15, 0.2) is 36.5 Å². The van der Waals surface area contributed by atoms with Gasteiger partial charge in [-0.1, -0.05) is 19.9 Å². The van der Waals surface area contributed by atoms with Crippen LogP contribution in [-0.2, 0) is 4.74 Å². The molecule has 7 heteroatoms. The lowest BCUT2D eigenvalue weighted by Crippen LogP contribution is -2.52. The number of alkyl carbamates (subject to hydrolysis) is 1. The van der Waals surface area contributed by atoms with E-state index in [1.165, 1.54) is 12.3 Å². The van der Waals surface area contributed by atoms with Crippen molar-refractivity contribution in [3.05, 3.63) is 47.8 Å². The molecule has 3 rings (SSSR count). The summed E-state index contributed by atoms with van der Waals surface area (Å²) in [7, 11) is 0. The third-order valence-electron chi connectivity index (χ3n) is 5.57. The Balaban J connectivity index is 1.80. The lowest BCUT2D eigenvalue weighted by molar-refractivity contribution is 0.0407. The predicted octanol–water partition coefficient (Wildman–Crippen LogP) is 7.27. The van der Waals surface area contributed by atoms with Crippen LogP contribution in [0, 0.1) is 5.92 Å². The van der Waals surface area contributed by atoms with Crippen molar-refractivity contribution in [1.29, 1.82) is 0 Å². The largest absolute Gasteiger partial charge is 0.491 e. The standard InChI is InChI=1S/C27H36F2N2O3/c1-17(2)15-27(6,31-25(32)34-26(3,4)5)16-33-23-10-9-19(13-21(23)18-7-8-18)20-11-12-30-22(14-20)24(28)29/h9-14,17-18,24H,7-8,15-16H2,1-6H3,(H,31,32). The van der Waals surface area contributed by atoms with Gasteiger partial charge in [0.15, 0.2) is 0 Å². The van der Waals surface area contributed by atoms with E-state index in [-0.39, 0.29) is 12.3 Å². The minimum absolute atomic E-state index is 0.233. The van der Waals surface area contributed by atoms with Gasteiger partial charge >= 0.3 is 6.09 Å². The molecule has 1 aromatic carbocycles. The van der Waals surface area contributed by atoms with Crippen LogP contribution in [0.3, 0.4) is 0 Å². The van der Waals surface area contributed by atoms with Crippen molar-refractivity contribution in [2.45, 2.75) is 84.3 Å². The molecule has 1 fully saturated rings. The van der Waals surface area contributed by atoms with Crippen LogP contribution in [0.1, 0.15) is 84.4 Å². The number of carbonyl (C=O) groups excluding carboxylic acids is 1. The van der Waals surface area contributed by atoms with E-state index in [0.29, 0.717) is 17.4 Å². The molecule has 1 aliphatic rings. The molecule has 2 aromatic rings. The highest BCUT2D eigenvalue weighted by molar-refractivity contribution is 5.69. The number of pyridine rings is 1. The molecular formula is C27H36F2N2O3. The highest BCUT2D eigenvalue weighted by Crippen LogP contribution is 2.46. The highest BCUT2D eigenvalue weighted by Gasteiger charge is 2.32. The molecule has 1 atom stereocenters. The van der Waals surface area contributed by atoms with Crippen molar-refractivity contribution >= 4 is 6.09 Å². The van der Waals surface area contributed by atoms with Crippen molar-refractivity contribution in [3.8, 4) is 16.9 Å². The second-order valence-corrected chi connectivity index (χ2v) is 10.9. The number of nitrogens with one attached hydrogen (secondary N) is 1. The Morgan fingerprint density at radius 3 is 2.38 bits per heavy atom. The van der Waals surface area contributed by atoms with Gasteiger partial charge in [-0.25, -0.2) is 13.6 Å². The summed E-state index contributed by atoms with van der Waals surface area (Å²) >= 11 is 0.